The van der Waals surface area contributed by atoms with Crippen molar-refractivity contribution in [3.8, 4) is 12.3 Å². The quantitative estimate of drug-likeness (QED) is 0.332. The van der Waals surface area contributed by atoms with Crippen LogP contribution in [-0.4, -0.2) is 38.9 Å². The first kappa shape index (κ1) is 27.9. The lowest BCUT2D eigenvalue weighted by molar-refractivity contribution is -0.181. The molecule has 1 fully saturated rings. The van der Waals surface area contributed by atoms with Gasteiger partial charge in [-0.05, 0) is 68.6 Å². The summed E-state index contributed by atoms with van der Waals surface area (Å²) in [5.41, 5.74) is -2.29. The minimum Gasteiger partial charge on any atom is -0.390 e. The van der Waals surface area contributed by atoms with Gasteiger partial charge >= 0.3 is 0 Å². The molecule has 3 atom stereocenters. The van der Waals surface area contributed by atoms with E-state index in [-0.39, 0.29) is 46.7 Å². The molecule has 0 aromatic heterocycles. The number of carbonyl (C=O) groups excluding carboxylic acids is 1. The van der Waals surface area contributed by atoms with Crippen LogP contribution in [0, 0.1) is 34.0 Å². The lowest BCUT2D eigenvalue weighted by Crippen LogP contribution is -2.59. The van der Waals surface area contributed by atoms with Gasteiger partial charge in [0.25, 0.3) is 0 Å². The molecule has 0 amide bonds. The maximum Gasteiger partial charge on any atom is 0.167 e. The van der Waals surface area contributed by atoms with Crippen LogP contribution in [0.25, 0.3) is 0 Å². The van der Waals surface area contributed by atoms with Gasteiger partial charge in [0, 0.05) is 11.8 Å². The normalized spacial score (nSPS) is 26.3. The number of aliphatic hydroxyl groups excluding tert-OH is 2. The van der Waals surface area contributed by atoms with Crippen LogP contribution in [0.2, 0.25) is 0 Å². The summed E-state index contributed by atoms with van der Waals surface area (Å²) in [4.78, 5) is 12.4. The van der Waals surface area contributed by atoms with Crippen LogP contribution in [-0.2, 0) is 4.79 Å². The van der Waals surface area contributed by atoms with Gasteiger partial charge in [-0.1, -0.05) is 53.7 Å². The van der Waals surface area contributed by atoms with Crippen molar-refractivity contribution < 1.29 is 20.1 Å². The third-order valence-electron chi connectivity index (χ3n) is 6.53. The highest BCUT2D eigenvalue weighted by Gasteiger charge is 2.52. The van der Waals surface area contributed by atoms with Crippen molar-refractivity contribution >= 4 is 5.78 Å². The van der Waals surface area contributed by atoms with Crippen LogP contribution in [0.3, 0.4) is 0 Å². The van der Waals surface area contributed by atoms with Gasteiger partial charge in [-0.15, -0.1) is 12.3 Å². The van der Waals surface area contributed by atoms with Crippen molar-refractivity contribution in [3.05, 3.63) is 12.2 Å². The van der Waals surface area contributed by atoms with Gasteiger partial charge in [0.1, 0.15) is 6.10 Å². The number of aliphatic hydroxyl groups is 3. The van der Waals surface area contributed by atoms with Crippen molar-refractivity contribution in [3.63, 3.8) is 0 Å². The van der Waals surface area contributed by atoms with Crippen LogP contribution in [0.5, 0.6) is 0 Å². The number of Topliss-reactive ketones (excluding diaryl/α,β-unsaturated/α-hetero) is 1. The first-order chi connectivity index (χ1) is 13.8. The van der Waals surface area contributed by atoms with E-state index in [1.165, 1.54) is 0 Å². The van der Waals surface area contributed by atoms with E-state index in [1.54, 1.807) is 0 Å². The molecule has 178 valence electrons. The maximum atomic E-state index is 12.4. The number of ketones is 1. The Hall–Kier alpha value is -1.15. The zero-order valence-corrected chi connectivity index (χ0v) is 21.1. The van der Waals surface area contributed by atoms with Crippen molar-refractivity contribution in [1.82, 2.24) is 0 Å². The molecule has 0 bridgehead atoms. The van der Waals surface area contributed by atoms with Gasteiger partial charge in [0.2, 0.25) is 0 Å². The molecule has 0 aromatic rings. The van der Waals surface area contributed by atoms with Gasteiger partial charge in [0.05, 0.1) is 6.10 Å². The molecule has 4 nitrogen and oxygen atoms in total. The Kier molecular flexibility index (Phi) is 8.79. The van der Waals surface area contributed by atoms with Crippen molar-refractivity contribution in [2.24, 2.45) is 21.7 Å². The van der Waals surface area contributed by atoms with E-state index in [1.807, 2.05) is 13.8 Å². The molecule has 0 radical (unpaired) electrons. The molecule has 1 aliphatic carbocycles. The van der Waals surface area contributed by atoms with Crippen molar-refractivity contribution in [2.45, 2.75) is 118 Å². The van der Waals surface area contributed by atoms with Crippen LogP contribution in [0.15, 0.2) is 12.2 Å². The minimum atomic E-state index is -1.87. The van der Waals surface area contributed by atoms with Gasteiger partial charge < -0.3 is 15.3 Å². The monoisotopic (exact) mass is 434 g/mol. The molecule has 0 aromatic carbocycles. The standard InChI is InChI=1S/C27H46O4/c1-10-23(2,3)17-24(4,5)15-11-12-16-25(6,7)18-26(8,9)19-27(31)21(29)14-13-20(28)22(27)30/h1,11-12,20,22,28,30-31H,13-19H2,2-9H3/b12-11-/t20-,22+,27-/m0/s1. The minimum absolute atomic E-state index is 0.0418. The third kappa shape index (κ3) is 8.37. The molecule has 0 heterocycles. The summed E-state index contributed by atoms with van der Waals surface area (Å²) < 4.78 is 0. The molecule has 1 aliphatic rings. The number of terminal acetylenes is 1. The molecule has 1 rings (SSSR count). The number of rotatable bonds is 10. The summed E-state index contributed by atoms with van der Waals surface area (Å²) in [7, 11) is 0. The second-order valence-electron chi connectivity index (χ2n) is 12.8. The van der Waals surface area contributed by atoms with E-state index in [9.17, 15) is 20.1 Å². The molecule has 1 saturated carbocycles. The summed E-state index contributed by atoms with van der Waals surface area (Å²) in [6.07, 6.45) is 11.6. The zero-order chi connectivity index (χ0) is 24.3. The fraction of sp³-hybridized carbons (Fsp3) is 0.815. The van der Waals surface area contributed by atoms with E-state index >= 15 is 0 Å². The SMILES string of the molecule is C#CC(C)(C)CC(C)(C)C/C=C\CC(C)(C)CC(C)(C)C[C@]1(O)C(=O)CC[C@H](O)[C@H]1O. The Balaban J connectivity index is 2.73. The van der Waals surface area contributed by atoms with E-state index in [0.717, 1.165) is 25.7 Å². The Labute approximate surface area is 190 Å². The highest BCUT2D eigenvalue weighted by molar-refractivity contribution is 5.88. The molecule has 0 spiro atoms. The zero-order valence-electron chi connectivity index (χ0n) is 21.1. The van der Waals surface area contributed by atoms with E-state index in [0.29, 0.717) is 0 Å². The topological polar surface area (TPSA) is 77.8 Å². The summed E-state index contributed by atoms with van der Waals surface area (Å²) in [6.45, 7) is 17.1. The fourth-order valence-corrected chi connectivity index (χ4v) is 5.62. The Morgan fingerprint density at radius 2 is 1.45 bits per heavy atom. The lowest BCUT2D eigenvalue weighted by atomic mass is 9.65. The predicted molar refractivity (Wildman–Crippen MR) is 127 cm³/mol. The highest BCUT2D eigenvalue weighted by atomic mass is 16.4. The van der Waals surface area contributed by atoms with E-state index < -0.39 is 17.8 Å². The first-order valence-electron chi connectivity index (χ1n) is 11.6. The summed E-state index contributed by atoms with van der Waals surface area (Å²) >= 11 is 0. The number of hydrogen-bond acceptors (Lipinski definition) is 4. The second-order valence-corrected chi connectivity index (χ2v) is 12.8. The number of carbonyl (C=O) groups is 1. The average Bonchev–Trinajstić information content (AvgIpc) is 2.58. The van der Waals surface area contributed by atoms with Gasteiger partial charge in [0.15, 0.2) is 11.4 Å². The second kappa shape index (κ2) is 9.77. The molecular weight excluding hydrogens is 388 g/mol. The third-order valence-corrected chi connectivity index (χ3v) is 6.53. The van der Waals surface area contributed by atoms with Crippen LogP contribution < -0.4 is 0 Å². The lowest BCUT2D eigenvalue weighted by Gasteiger charge is -2.44. The molecule has 0 aliphatic heterocycles. The molecule has 31 heavy (non-hydrogen) atoms. The molecule has 0 unspecified atom stereocenters. The van der Waals surface area contributed by atoms with Crippen LogP contribution in [0.4, 0.5) is 0 Å². The van der Waals surface area contributed by atoms with Gasteiger partial charge in [-0.3, -0.25) is 4.79 Å². The Morgan fingerprint density at radius 1 is 0.968 bits per heavy atom. The summed E-state index contributed by atoms with van der Waals surface area (Å²) in [5.74, 6) is 2.51. The smallest absolute Gasteiger partial charge is 0.167 e. The van der Waals surface area contributed by atoms with Gasteiger partial charge in [-0.2, -0.15) is 0 Å². The Bertz CT molecular complexity index is 693. The largest absolute Gasteiger partial charge is 0.390 e. The van der Waals surface area contributed by atoms with Crippen molar-refractivity contribution in [2.75, 3.05) is 0 Å². The number of allylic oxidation sites excluding steroid dienone is 2. The maximum absolute atomic E-state index is 12.4. The van der Waals surface area contributed by atoms with E-state index in [4.69, 9.17) is 6.42 Å². The van der Waals surface area contributed by atoms with Crippen molar-refractivity contribution in [1.29, 1.82) is 0 Å². The fourth-order valence-electron chi connectivity index (χ4n) is 5.62. The predicted octanol–water partition coefficient (Wildman–Crippen LogP) is 5.05. The number of hydrogen-bond donors (Lipinski definition) is 3. The molecule has 0 saturated heterocycles. The first-order valence-corrected chi connectivity index (χ1v) is 11.6. The van der Waals surface area contributed by atoms with Gasteiger partial charge in [-0.25, -0.2) is 0 Å². The molecule has 4 heteroatoms. The van der Waals surface area contributed by atoms with E-state index in [2.05, 4.69) is 59.6 Å². The molecular formula is C27H46O4. The van der Waals surface area contributed by atoms with Crippen LogP contribution in [0.1, 0.15) is 100 Å². The summed E-state index contributed by atoms with van der Waals surface area (Å²) in [6, 6.07) is 0. The van der Waals surface area contributed by atoms with Crippen LogP contribution >= 0.6 is 0 Å². The molecule has 3 N–H and O–H groups in total. The average molecular weight is 435 g/mol. The highest BCUT2D eigenvalue weighted by Crippen LogP contribution is 2.44. The Morgan fingerprint density at radius 3 is 1.94 bits per heavy atom. The summed E-state index contributed by atoms with van der Waals surface area (Å²) in [5, 5.41) is 31.2.